The molecule has 0 aromatic rings. The molecular formula is C21H36O2. The average molecular weight is 321 g/mol. The van der Waals surface area contributed by atoms with Gasteiger partial charge in [-0.25, -0.2) is 0 Å². The molecule has 4 rings (SSSR count). The van der Waals surface area contributed by atoms with Crippen LogP contribution in [0.5, 0.6) is 0 Å². The summed E-state index contributed by atoms with van der Waals surface area (Å²) in [5.41, 5.74) is 0.152. The van der Waals surface area contributed by atoms with Crippen molar-refractivity contribution in [1.82, 2.24) is 0 Å². The lowest BCUT2D eigenvalue weighted by atomic mass is 9.50. The second kappa shape index (κ2) is 6.02. The third-order valence-electron chi connectivity index (χ3n) is 8.46. The summed E-state index contributed by atoms with van der Waals surface area (Å²) in [6, 6.07) is 0. The van der Waals surface area contributed by atoms with E-state index in [0.29, 0.717) is 12.0 Å². The Balaban J connectivity index is 1.46. The molecule has 0 aromatic heterocycles. The molecule has 4 fully saturated rings. The van der Waals surface area contributed by atoms with Crippen LogP contribution in [0.4, 0.5) is 0 Å². The Kier molecular flexibility index (Phi) is 4.29. The van der Waals surface area contributed by atoms with Crippen molar-refractivity contribution in [1.29, 1.82) is 0 Å². The van der Waals surface area contributed by atoms with E-state index in [0.717, 1.165) is 49.0 Å². The molecule has 0 aromatic carbocycles. The minimum absolute atomic E-state index is 0.527. The van der Waals surface area contributed by atoms with Gasteiger partial charge < -0.3 is 9.84 Å². The number of rotatable bonds is 3. The maximum absolute atomic E-state index is 10.9. The number of aliphatic hydroxyl groups is 1. The van der Waals surface area contributed by atoms with Gasteiger partial charge in [0, 0.05) is 6.61 Å². The van der Waals surface area contributed by atoms with Crippen molar-refractivity contribution in [3.8, 4) is 0 Å². The van der Waals surface area contributed by atoms with Gasteiger partial charge in [-0.2, -0.15) is 0 Å². The first-order valence-electron chi connectivity index (χ1n) is 10.3. The van der Waals surface area contributed by atoms with E-state index in [2.05, 4.69) is 6.92 Å². The first-order chi connectivity index (χ1) is 11.0. The molecule has 0 spiro atoms. The lowest BCUT2D eigenvalue weighted by Gasteiger charge is -2.56. The smallest absolute Gasteiger partial charge is 0.0883 e. The minimum Gasteiger partial charge on any atom is -0.387 e. The van der Waals surface area contributed by atoms with Crippen LogP contribution in [0.15, 0.2) is 0 Å². The topological polar surface area (TPSA) is 29.5 Å². The molecule has 1 N–H and O–H groups in total. The van der Waals surface area contributed by atoms with Crippen molar-refractivity contribution in [2.45, 2.75) is 83.7 Å². The highest BCUT2D eigenvalue weighted by molar-refractivity contribution is 5.04. The van der Waals surface area contributed by atoms with Crippen LogP contribution in [0.3, 0.4) is 0 Å². The largest absolute Gasteiger partial charge is 0.387 e. The number of hydrogen-bond donors (Lipinski definition) is 1. The second-order valence-electron chi connectivity index (χ2n) is 9.62. The Morgan fingerprint density at radius 3 is 2.61 bits per heavy atom. The van der Waals surface area contributed by atoms with Gasteiger partial charge in [0.25, 0.3) is 0 Å². The van der Waals surface area contributed by atoms with Crippen molar-refractivity contribution in [2.75, 3.05) is 13.2 Å². The quantitative estimate of drug-likeness (QED) is 0.809. The molecule has 132 valence electrons. The Morgan fingerprint density at radius 2 is 1.78 bits per heavy atom. The van der Waals surface area contributed by atoms with Gasteiger partial charge in [0.1, 0.15) is 0 Å². The van der Waals surface area contributed by atoms with Crippen molar-refractivity contribution in [3.05, 3.63) is 0 Å². The summed E-state index contributed by atoms with van der Waals surface area (Å²) in [4.78, 5) is 0. The van der Waals surface area contributed by atoms with E-state index in [4.69, 9.17) is 4.74 Å². The zero-order chi connectivity index (χ0) is 16.1. The Bertz CT molecular complexity index is 436. The first kappa shape index (κ1) is 16.4. The molecule has 2 heteroatoms. The predicted molar refractivity (Wildman–Crippen MR) is 93.2 cm³/mol. The van der Waals surface area contributed by atoms with Gasteiger partial charge in [-0.3, -0.25) is 0 Å². The van der Waals surface area contributed by atoms with Gasteiger partial charge in [-0.1, -0.05) is 13.3 Å². The molecule has 0 aliphatic heterocycles. The molecule has 23 heavy (non-hydrogen) atoms. The van der Waals surface area contributed by atoms with E-state index < -0.39 is 5.60 Å². The summed E-state index contributed by atoms with van der Waals surface area (Å²) in [6.07, 6.45) is 13.5. The molecule has 0 amide bonds. The molecule has 4 aliphatic rings. The third kappa shape index (κ3) is 2.78. The number of hydrogen-bond acceptors (Lipinski definition) is 2. The van der Waals surface area contributed by atoms with Crippen LogP contribution in [0.1, 0.15) is 78.1 Å². The minimum atomic E-state index is -0.527. The van der Waals surface area contributed by atoms with Gasteiger partial charge in [-0.15, -0.1) is 0 Å². The van der Waals surface area contributed by atoms with E-state index in [-0.39, 0.29) is 0 Å². The molecular weight excluding hydrogens is 284 g/mol. The first-order valence-corrected chi connectivity index (χ1v) is 10.3. The zero-order valence-corrected chi connectivity index (χ0v) is 15.2. The molecule has 0 saturated heterocycles. The summed E-state index contributed by atoms with van der Waals surface area (Å²) in [5.74, 6) is 4.67. The Morgan fingerprint density at radius 1 is 0.957 bits per heavy atom. The van der Waals surface area contributed by atoms with Gasteiger partial charge >= 0.3 is 0 Å². The van der Waals surface area contributed by atoms with Crippen LogP contribution >= 0.6 is 0 Å². The highest BCUT2D eigenvalue weighted by Crippen LogP contribution is 2.62. The van der Waals surface area contributed by atoms with Gasteiger partial charge in [0.15, 0.2) is 0 Å². The SMILES string of the molecule is CCOC[C@@]1(O)CC[C@H]2[C@@H](CC[C@@H]3[C@@H]2CC[C@]2(C)CCC[C@@H]32)C1. The lowest BCUT2D eigenvalue weighted by Crippen LogP contribution is -2.51. The molecule has 0 radical (unpaired) electrons. The predicted octanol–water partition coefficient (Wildman–Crippen LogP) is 4.80. The van der Waals surface area contributed by atoms with Crippen LogP contribution in [-0.2, 0) is 4.74 Å². The summed E-state index contributed by atoms with van der Waals surface area (Å²) in [5, 5.41) is 10.9. The third-order valence-corrected chi connectivity index (χ3v) is 8.46. The summed E-state index contributed by atoms with van der Waals surface area (Å²) in [7, 11) is 0. The molecule has 2 nitrogen and oxygen atoms in total. The summed E-state index contributed by atoms with van der Waals surface area (Å²) >= 11 is 0. The van der Waals surface area contributed by atoms with Crippen molar-refractivity contribution >= 4 is 0 Å². The second-order valence-corrected chi connectivity index (χ2v) is 9.62. The molecule has 4 aliphatic carbocycles. The molecule has 7 atom stereocenters. The van der Waals surface area contributed by atoms with Crippen molar-refractivity contribution < 1.29 is 9.84 Å². The number of fused-ring (bicyclic) bond motifs is 5. The maximum atomic E-state index is 10.9. The van der Waals surface area contributed by atoms with Crippen LogP contribution in [0.2, 0.25) is 0 Å². The highest BCUT2D eigenvalue weighted by atomic mass is 16.5. The molecule has 4 saturated carbocycles. The van der Waals surface area contributed by atoms with Crippen LogP contribution < -0.4 is 0 Å². The standard InChI is InChI=1S/C21H36O2/c1-3-23-14-21(22)12-9-16-15(13-21)6-7-18-17(16)8-11-20(2)10-4-5-19(18)20/h15-19,22H,3-14H2,1-2H3/t15-,16-,17+,18+,19-,20-,21+/m0/s1. The normalized spacial score (nSPS) is 52.6. The maximum Gasteiger partial charge on any atom is 0.0883 e. The highest BCUT2D eigenvalue weighted by Gasteiger charge is 2.54. The van der Waals surface area contributed by atoms with Crippen LogP contribution in [0, 0.1) is 35.0 Å². The van der Waals surface area contributed by atoms with Crippen molar-refractivity contribution in [3.63, 3.8) is 0 Å². The fourth-order valence-corrected chi connectivity index (χ4v) is 7.38. The zero-order valence-electron chi connectivity index (χ0n) is 15.2. The molecule has 0 heterocycles. The van der Waals surface area contributed by atoms with E-state index in [1.54, 1.807) is 0 Å². The molecule has 0 unspecified atom stereocenters. The Labute approximate surface area is 142 Å². The van der Waals surface area contributed by atoms with E-state index >= 15 is 0 Å². The number of ether oxygens (including phenoxy) is 1. The van der Waals surface area contributed by atoms with E-state index in [1.807, 2.05) is 6.92 Å². The van der Waals surface area contributed by atoms with Crippen LogP contribution in [0.25, 0.3) is 0 Å². The molecule has 0 bridgehead atoms. The van der Waals surface area contributed by atoms with Crippen molar-refractivity contribution in [2.24, 2.45) is 35.0 Å². The summed E-state index contributed by atoms with van der Waals surface area (Å²) in [6.45, 7) is 5.90. The van der Waals surface area contributed by atoms with E-state index in [9.17, 15) is 5.11 Å². The Hall–Kier alpha value is -0.0800. The fourth-order valence-electron chi connectivity index (χ4n) is 7.38. The van der Waals surface area contributed by atoms with Gasteiger partial charge in [0.05, 0.1) is 12.2 Å². The van der Waals surface area contributed by atoms with Crippen LogP contribution in [-0.4, -0.2) is 23.9 Å². The van der Waals surface area contributed by atoms with Gasteiger partial charge in [-0.05, 0) is 99.7 Å². The van der Waals surface area contributed by atoms with E-state index in [1.165, 1.54) is 51.4 Å². The monoisotopic (exact) mass is 320 g/mol. The lowest BCUT2D eigenvalue weighted by molar-refractivity contribution is -0.125. The fraction of sp³-hybridized carbons (Fsp3) is 1.00. The summed E-state index contributed by atoms with van der Waals surface area (Å²) < 4.78 is 5.58. The van der Waals surface area contributed by atoms with Gasteiger partial charge in [0.2, 0.25) is 0 Å². The average Bonchev–Trinajstić information content (AvgIpc) is 2.94.